The molecule has 1 fully saturated rings. The highest BCUT2D eigenvalue weighted by molar-refractivity contribution is 6.23. The molecule has 8 heteroatoms. The number of nitrogens with zero attached hydrogens (tertiary/aromatic N) is 3. The third kappa shape index (κ3) is 4.03. The van der Waals surface area contributed by atoms with E-state index in [2.05, 4.69) is 21.0 Å². The lowest BCUT2D eigenvalue weighted by molar-refractivity contribution is -0.119. The summed E-state index contributed by atoms with van der Waals surface area (Å²) < 4.78 is 7.61. The van der Waals surface area contributed by atoms with Crippen LogP contribution in [0.25, 0.3) is 10.9 Å². The van der Waals surface area contributed by atoms with Crippen LogP contribution in [0.15, 0.2) is 54.7 Å². The normalized spacial score (nSPS) is 17.4. The number of carbonyl (C=O) groups excluding carboxylic acids is 3. The predicted octanol–water partition coefficient (Wildman–Crippen LogP) is 2.60. The fourth-order valence-corrected chi connectivity index (χ4v) is 4.47. The molecule has 0 radical (unpaired) electrons. The van der Waals surface area contributed by atoms with Crippen molar-refractivity contribution in [3.63, 3.8) is 0 Å². The van der Waals surface area contributed by atoms with Crippen molar-refractivity contribution in [1.82, 2.24) is 14.4 Å². The van der Waals surface area contributed by atoms with Crippen LogP contribution in [0, 0.1) is 0 Å². The van der Waals surface area contributed by atoms with E-state index in [4.69, 9.17) is 4.74 Å². The molecule has 170 valence electrons. The summed E-state index contributed by atoms with van der Waals surface area (Å²) >= 11 is 0. The summed E-state index contributed by atoms with van der Waals surface area (Å²) in [7, 11) is 0. The number of fused-ring (bicyclic) bond motifs is 2. The Morgan fingerprint density at radius 2 is 1.70 bits per heavy atom. The number of hydrogen-bond donors (Lipinski definition) is 1. The molecule has 1 atom stereocenters. The van der Waals surface area contributed by atoms with Gasteiger partial charge in [0.15, 0.2) is 0 Å². The van der Waals surface area contributed by atoms with E-state index in [0.717, 1.165) is 55.2 Å². The predicted molar refractivity (Wildman–Crippen MR) is 124 cm³/mol. The second-order valence-corrected chi connectivity index (χ2v) is 8.43. The fourth-order valence-electron chi connectivity index (χ4n) is 4.47. The van der Waals surface area contributed by atoms with Gasteiger partial charge in [-0.1, -0.05) is 12.1 Å². The van der Waals surface area contributed by atoms with Crippen molar-refractivity contribution in [2.24, 2.45) is 0 Å². The highest BCUT2D eigenvalue weighted by atomic mass is 16.5. The zero-order chi connectivity index (χ0) is 22.9. The third-order valence-electron chi connectivity index (χ3n) is 6.39. The smallest absolute Gasteiger partial charge is 0.262 e. The maximum atomic E-state index is 12.9. The summed E-state index contributed by atoms with van der Waals surface area (Å²) in [6, 6.07) is 13.5. The van der Waals surface area contributed by atoms with E-state index in [1.54, 1.807) is 31.2 Å². The number of rotatable bonds is 6. The highest BCUT2D eigenvalue weighted by Crippen LogP contribution is 2.26. The number of aromatic nitrogens is 1. The van der Waals surface area contributed by atoms with Crippen molar-refractivity contribution in [2.45, 2.75) is 19.5 Å². The van der Waals surface area contributed by atoms with Crippen molar-refractivity contribution >= 4 is 34.3 Å². The molecule has 0 saturated carbocycles. The third-order valence-corrected chi connectivity index (χ3v) is 6.39. The minimum atomic E-state index is -0.925. The average molecular weight is 447 g/mol. The zero-order valence-electron chi connectivity index (χ0n) is 18.5. The Morgan fingerprint density at radius 3 is 2.39 bits per heavy atom. The number of benzene rings is 2. The molecule has 1 aromatic heterocycles. The molecule has 2 aromatic carbocycles. The van der Waals surface area contributed by atoms with E-state index in [1.807, 2.05) is 24.3 Å². The molecule has 1 N–H and O–H groups in total. The van der Waals surface area contributed by atoms with Gasteiger partial charge in [0.1, 0.15) is 6.04 Å². The van der Waals surface area contributed by atoms with E-state index >= 15 is 0 Å². The van der Waals surface area contributed by atoms with Crippen LogP contribution in [0.3, 0.4) is 0 Å². The first-order valence-electron chi connectivity index (χ1n) is 11.2. The van der Waals surface area contributed by atoms with E-state index in [-0.39, 0.29) is 0 Å². The number of hydrogen-bond acceptors (Lipinski definition) is 5. The lowest BCUT2D eigenvalue weighted by Gasteiger charge is -2.26. The van der Waals surface area contributed by atoms with E-state index < -0.39 is 23.8 Å². The van der Waals surface area contributed by atoms with Crippen molar-refractivity contribution in [3.8, 4) is 0 Å². The largest absolute Gasteiger partial charge is 0.379 e. The van der Waals surface area contributed by atoms with Crippen molar-refractivity contribution < 1.29 is 19.1 Å². The number of anilines is 1. The minimum absolute atomic E-state index is 0.335. The molecule has 33 heavy (non-hydrogen) atoms. The second-order valence-electron chi connectivity index (χ2n) is 8.43. The first-order chi connectivity index (χ1) is 16.0. The maximum Gasteiger partial charge on any atom is 0.262 e. The Hall–Kier alpha value is -3.49. The number of amides is 3. The molecule has 3 heterocycles. The topological polar surface area (TPSA) is 83.9 Å². The Balaban J connectivity index is 1.26. The Kier molecular flexibility index (Phi) is 5.70. The van der Waals surface area contributed by atoms with Crippen molar-refractivity contribution in [1.29, 1.82) is 0 Å². The van der Waals surface area contributed by atoms with Crippen LogP contribution in [0.1, 0.15) is 27.6 Å². The Bertz CT molecular complexity index is 1190. The molecule has 2 aliphatic rings. The van der Waals surface area contributed by atoms with Crippen LogP contribution in [0.2, 0.25) is 0 Å². The second kappa shape index (κ2) is 8.80. The molecule has 0 bridgehead atoms. The molecule has 5 rings (SSSR count). The number of ether oxygens (including phenoxy) is 1. The number of imide groups is 1. The van der Waals surface area contributed by atoms with Gasteiger partial charge in [-0.05, 0) is 43.3 Å². The Morgan fingerprint density at radius 1 is 1.00 bits per heavy atom. The van der Waals surface area contributed by atoms with Gasteiger partial charge in [-0.3, -0.25) is 24.2 Å². The number of morpholine rings is 1. The summed E-state index contributed by atoms with van der Waals surface area (Å²) in [6.07, 6.45) is 2.05. The van der Waals surface area contributed by atoms with Gasteiger partial charge in [0, 0.05) is 49.0 Å². The Labute approximate surface area is 191 Å². The van der Waals surface area contributed by atoms with Gasteiger partial charge >= 0.3 is 0 Å². The van der Waals surface area contributed by atoms with E-state index in [9.17, 15) is 14.4 Å². The quantitative estimate of drug-likeness (QED) is 0.589. The van der Waals surface area contributed by atoms with E-state index in [0.29, 0.717) is 16.8 Å². The summed E-state index contributed by atoms with van der Waals surface area (Å²) in [6.45, 7) is 6.90. The van der Waals surface area contributed by atoms with Crippen LogP contribution in [0.5, 0.6) is 0 Å². The van der Waals surface area contributed by atoms with Gasteiger partial charge in [-0.15, -0.1) is 0 Å². The molecule has 3 amide bonds. The molecule has 0 aliphatic carbocycles. The van der Waals surface area contributed by atoms with Crippen LogP contribution < -0.4 is 5.32 Å². The minimum Gasteiger partial charge on any atom is -0.379 e. The first kappa shape index (κ1) is 21.4. The SMILES string of the molecule is CC(C(=O)Nc1ccc2c(ccn2CCN2CCOCC2)c1)N1C(=O)c2ccccc2C1=O. The van der Waals surface area contributed by atoms with Gasteiger partial charge in [0.2, 0.25) is 5.91 Å². The van der Waals surface area contributed by atoms with Crippen LogP contribution in [-0.4, -0.2) is 71.0 Å². The summed E-state index contributed by atoms with van der Waals surface area (Å²) in [4.78, 5) is 41.6. The molecule has 2 aliphatic heterocycles. The number of carbonyl (C=O) groups is 3. The zero-order valence-corrected chi connectivity index (χ0v) is 18.5. The van der Waals surface area contributed by atoms with E-state index in [1.165, 1.54) is 0 Å². The van der Waals surface area contributed by atoms with Gasteiger partial charge in [0.25, 0.3) is 11.8 Å². The van der Waals surface area contributed by atoms with Crippen molar-refractivity contribution in [3.05, 3.63) is 65.9 Å². The van der Waals surface area contributed by atoms with Gasteiger partial charge in [-0.2, -0.15) is 0 Å². The molecule has 1 unspecified atom stereocenters. The number of nitrogens with one attached hydrogen (secondary N) is 1. The molecule has 8 nitrogen and oxygen atoms in total. The molecular weight excluding hydrogens is 420 g/mol. The van der Waals surface area contributed by atoms with Crippen LogP contribution in [-0.2, 0) is 16.1 Å². The molecule has 0 spiro atoms. The van der Waals surface area contributed by atoms with Crippen LogP contribution >= 0.6 is 0 Å². The molecule has 1 saturated heterocycles. The van der Waals surface area contributed by atoms with Crippen LogP contribution in [0.4, 0.5) is 5.69 Å². The average Bonchev–Trinajstić information content (AvgIpc) is 3.36. The monoisotopic (exact) mass is 446 g/mol. The summed E-state index contributed by atoms with van der Waals surface area (Å²) in [5.74, 6) is -1.28. The summed E-state index contributed by atoms with van der Waals surface area (Å²) in [5.41, 5.74) is 2.39. The lowest BCUT2D eigenvalue weighted by atomic mass is 10.1. The van der Waals surface area contributed by atoms with Gasteiger partial charge in [0.05, 0.1) is 24.3 Å². The molecule has 3 aromatic rings. The van der Waals surface area contributed by atoms with Crippen molar-refractivity contribution in [2.75, 3.05) is 38.2 Å². The lowest BCUT2D eigenvalue weighted by Crippen LogP contribution is -2.45. The summed E-state index contributed by atoms with van der Waals surface area (Å²) in [5, 5.41) is 3.87. The first-order valence-corrected chi connectivity index (χ1v) is 11.2. The van der Waals surface area contributed by atoms with Gasteiger partial charge in [-0.25, -0.2) is 0 Å². The standard InChI is InChI=1S/C25H26N4O4/c1-17(29-24(31)20-4-2-3-5-21(20)25(29)32)23(30)26-19-6-7-22-18(16-19)8-9-28(22)11-10-27-12-14-33-15-13-27/h2-9,16-17H,10-15H2,1H3,(H,26,30). The van der Waals surface area contributed by atoms with Gasteiger partial charge < -0.3 is 14.6 Å². The fraction of sp³-hybridized carbons (Fsp3) is 0.320. The molecular formula is C25H26N4O4. The maximum absolute atomic E-state index is 12.9. The highest BCUT2D eigenvalue weighted by Gasteiger charge is 2.40.